The molecule has 1 heterocycles. The number of nitrogens with two attached hydrogens (primary N) is 1. The minimum atomic E-state index is 0.369. The van der Waals surface area contributed by atoms with Crippen molar-refractivity contribution in [1.29, 1.82) is 0 Å². The Kier molecular flexibility index (Phi) is 3.35. The normalized spacial score (nSPS) is 10.2. The van der Waals surface area contributed by atoms with E-state index < -0.39 is 0 Å². The van der Waals surface area contributed by atoms with Gasteiger partial charge in [-0.15, -0.1) is 0 Å². The molecule has 0 fully saturated rings. The molecule has 0 bridgehead atoms. The van der Waals surface area contributed by atoms with E-state index in [1.165, 1.54) is 11.5 Å². The predicted octanol–water partition coefficient (Wildman–Crippen LogP) is 2.53. The molecule has 0 amide bonds. The Labute approximate surface area is 109 Å². The lowest BCUT2D eigenvalue weighted by Crippen LogP contribution is -2.12. The number of aryl methyl sites for hydroxylation is 2. The largest absolute Gasteiger partial charge is 0.389 e. The summed E-state index contributed by atoms with van der Waals surface area (Å²) >= 11 is 6.33. The Hall–Kier alpha value is -1.53. The molecule has 0 unspecified atom stereocenters. The first-order valence-corrected chi connectivity index (χ1v) is 6.22. The van der Waals surface area contributed by atoms with Crippen molar-refractivity contribution in [2.75, 3.05) is 5.32 Å². The van der Waals surface area contributed by atoms with Gasteiger partial charge in [0.2, 0.25) is 5.13 Å². The lowest BCUT2D eigenvalue weighted by atomic mass is 10.1. The van der Waals surface area contributed by atoms with Gasteiger partial charge in [-0.1, -0.05) is 18.3 Å². The first-order valence-electron chi connectivity index (χ1n) is 5.04. The molecule has 0 saturated carbocycles. The van der Waals surface area contributed by atoms with Crippen LogP contribution < -0.4 is 11.1 Å². The smallest absolute Gasteiger partial charge is 0.207 e. The van der Waals surface area contributed by atoms with E-state index in [0.29, 0.717) is 4.99 Å². The Morgan fingerprint density at radius 1 is 1.41 bits per heavy atom. The van der Waals surface area contributed by atoms with Crippen molar-refractivity contribution >= 4 is 39.6 Å². The predicted molar refractivity (Wildman–Crippen MR) is 75.0 cm³/mol. The average Bonchev–Trinajstić information content (AvgIpc) is 2.63. The molecule has 0 atom stereocenters. The summed E-state index contributed by atoms with van der Waals surface area (Å²) in [4.78, 5) is 4.62. The first-order chi connectivity index (χ1) is 8.06. The van der Waals surface area contributed by atoms with Gasteiger partial charge in [-0.2, -0.15) is 4.37 Å². The molecule has 0 radical (unpaired) electrons. The zero-order chi connectivity index (χ0) is 12.4. The Balaban J connectivity index is 2.37. The third-order valence-corrected chi connectivity index (χ3v) is 3.15. The summed E-state index contributed by atoms with van der Waals surface area (Å²) in [6.45, 7) is 3.87. The number of benzene rings is 1. The fourth-order valence-corrected chi connectivity index (χ4v) is 2.21. The fourth-order valence-electron chi connectivity index (χ4n) is 1.44. The molecule has 0 spiro atoms. The van der Waals surface area contributed by atoms with Gasteiger partial charge in [-0.25, -0.2) is 4.98 Å². The summed E-state index contributed by atoms with van der Waals surface area (Å²) in [5.41, 5.74) is 8.50. The summed E-state index contributed by atoms with van der Waals surface area (Å²) in [7, 11) is 0. The first kappa shape index (κ1) is 11.9. The van der Waals surface area contributed by atoms with Crippen LogP contribution in [0.5, 0.6) is 0 Å². The Bertz CT molecular complexity index is 562. The monoisotopic (exact) mass is 264 g/mol. The molecule has 2 rings (SSSR count). The molecule has 0 saturated heterocycles. The van der Waals surface area contributed by atoms with Crippen molar-refractivity contribution in [2.45, 2.75) is 13.8 Å². The fraction of sp³-hybridized carbons (Fsp3) is 0.182. The maximum absolute atomic E-state index is 5.68. The minimum Gasteiger partial charge on any atom is -0.389 e. The van der Waals surface area contributed by atoms with Gasteiger partial charge in [0, 0.05) is 17.1 Å². The molecule has 0 aliphatic rings. The van der Waals surface area contributed by atoms with Crippen LogP contribution in [-0.4, -0.2) is 14.3 Å². The Morgan fingerprint density at radius 2 is 2.18 bits per heavy atom. The lowest BCUT2D eigenvalue weighted by molar-refractivity contribution is 1.17. The maximum Gasteiger partial charge on any atom is 0.207 e. The second-order valence-electron chi connectivity index (χ2n) is 3.69. The molecule has 4 nitrogen and oxygen atoms in total. The summed E-state index contributed by atoms with van der Waals surface area (Å²) < 4.78 is 4.11. The van der Waals surface area contributed by atoms with Gasteiger partial charge < -0.3 is 11.1 Å². The summed E-state index contributed by atoms with van der Waals surface area (Å²) in [6, 6.07) is 5.88. The van der Waals surface area contributed by atoms with E-state index in [1.807, 2.05) is 32.0 Å². The highest BCUT2D eigenvalue weighted by atomic mass is 32.1. The molecule has 6 heteroatoms. The standard InChI is InChI=1S/C11H12N4S2/c1-6-3-4-8(10(12)16)9(5-6)14-11-13-7(2)15-17-11/h3-5H,1-2H3,(H2,12,16)(H,13,14,15). The zero-order valence-corrected chi connectivity index (χ0v) is 11.2. The second kappa shape index (κ2) is 4.77. The zero-order valence-electron chi connectivity index (χ0n) is 9.52. The number of nitrogens with zero attached hydrogens (tertiary/aromatic N) is 2. The summed E-state index contributed by atoms with van der Waals surface area (Å²) in [5, 5.41) is 3.93. The van der Waals surface area contributed by atoms with E-state index in [1.54, 1.807) is 0 Å². The summed E-state index contributed by atoms with van der Waals surface area (Å²) in [6.07, 6.45) is 0. The maximum atomic E-state index is 5.68. The van der Waals surface area contributed by atoms with E-state index >= 15 is 0 Å². The van der Waals surface area contributed by atoms with E-state index in [4.69, 9.17) is 18.0 Å². The van der Waals surface area contributed by atoms with Crippen molar-refractivity contribution in [3.8, 4) is 0 Å². The molecule has 17 heavy (non-hydrogen) atoms. The lowest BCUT2D eigenvalue weighted by Gasteiger charge is -2.09. The highest BCUT2D eigenvalue weighted by Gasteiger charge is 2.08. The molecule has 1 aromatic heterocycles. The van der Waals surface area contributed by atoms with Crippen molar-refractivity contribution in [2.24, 2.45) is 5.73 Å². The average molecular weight is 264 g/mol. The number of thiocarbonyl (C=S) groups is 1. The molecular weight excluding hydrogens is 252 g/mol. The van der Waals surface area contributed by atoms with Gasteiger partial charge in [0.1, 0.15) is 10.8 Å². The molecule has 0 aliphatic heterocycles. The van der Waals surface area contributed by atoms with Gasteiger partial charge >= 0.3 is 0 Å². The molecule has 2 aromatic rings. The van der Waals surface area contributed by atoms with Crippen LogP contribution in [0.25, 0.3) is 0 Å². The van der Waals surface area contributed by atoms with Crippen LogP contribution in [0.3, 0.4) is 0 Å². The van der Waals surface area contributed by atoms with E-state index in [-0.39, 0.29) is 0 Å². The van der Waals surface area contributed by atoms with Crippen LogP contribution in [0, 0.1) is 13.8 Å². The van der Waals surface area contributed by atoms with Gasteiger partial charge in [0.25, 0.3) is 0 Å². The highest BCUT2D eigenvalue weighted by Crippen LogP contribution is 2.23. The van der Waals surface area contributed by atoms with Crippen LogP contribution in [0.4, 0.5) is 10.8 Å². The highest BCUT2D eigenvalue weighted by molar-refractivity contribution is 7.80. The second-order valence-corrected chi connectivity index (χ2v) is 4.88. The number of aromatic nitrogens is 2. The topological polar surface area (TPSA) is 63.8 Å². The van der Waals surface area contributed by atoms with Crippen molar-refractivity contribution in [3.63, 3.8) is 0 Å². The molecule has 3 N–H and O–H groups in total. The van der Waals surface area contributed by atoms with E-state index in [9.17, 15) is 0 Å². The third-order valence-electron chi connectivity index (χ3n) is 2.21. The number of hydrogen-bond acceptors (Lipinski definition) is 5. The molecule has 88 valence electrons. The van der Waals surface area contributed by atoms with E-state index in [2.05, 4.69) is 14.7 Å². The van der Waals surface area contributed by atoms with Crippen molar-refractivity contribution in [1.82, 2.24) is 9.36 Å². The van der Waals surface area contributed by atoms with Crippen LogP contribution in [0.2, 0.25) is 0 Å². The van der Waals surface area contributed by atoms with Crippen LogP contribution >= 0.6 is 23.8 Å². The quantitative estimate of drug-likeness (QED) is 0.834. The third kappa shape index (κ3) is 2.78. The van der Waals surface area contributed by atoms with E-state index in [0.717, 1.165) is 27.8 Å². The summed E-state index contributed by atoms with van der Waals surface area (Å²) in [5.74, 6) is 0.752. The van der Waals surface area contributed by atoms with Crippen LogP contribution in [0.15, 0.2) is 18.2 Å². The number of anilines is 2. The number of hydrogen-bond donors (Lipinski definition) is 2. The molecule has 0 aliphatic carbocycles. The van der Waals surface area contributed by atoms with Crippen LogP contribution in [0.1, 0.15) is 17.0 Å². The SMILES string of the molecule is Cc1ccc(C(N)=S)c(Nc2nc(C)ns2)c1. The van der Waals surface area contributed by atoms with Gasteiger partial charge in [0.05, 0.1) is 5.69 Å². The van der Waals surface area contributed by atoms with Crippen molar-refractivity contribution < 1.29 is 0 Å². The molecule has 1 aromatic carbocycles. The van der Waals surface area contributed by atoms with Crippen LogP contribution in [-0.2, 0) is 0 Å². The molecular formula is C11H12N4S2. The van der Waals surface area contributed by atoms with Gasteiger partial charge in [-0.3, -0.25) is 0 Å². The van der Waals surface area contributed by atoms with Crippen molar-refractivity contribution in [3.05, 3.63) is 35.2 Å². The number of nitrogens with one attached hydrogen (secondary N) is 1. The van der Waals surface area contributed by atoms with Gasteiger partial charge in [-0.05, 0) is 31.5 Å². The Morgan fingerprint density at radius 3 is 2.76 bits per heavy atom. The minimum absolute atomic E-state index is 0.369. The van der Waals surface area contributed by atoms with Gasteiger partial charge in [0.15, 0.2) is 0 Å². The number of rotatable bonds is 3.